The molecule has 0 unspecified atom stereocenters. The molecule has 0 spiro atoms. The number of primary amides is 1. The van der Waals surface area contributed by atoms with E-state index >= 15 is 0 Å². The van der Waals surface area contributed by atoms with Gasteiger partial charge < -0.3 is 25.3 Å². The van der Waals surface area contributed by atoms with Crippen molar-refractivity contribution >= 4 is 35.3 Å². The molecule has 3 N–H and O–H groups in total. The third-order valence-electron chi connectivity index (χ3n) is 4.86. The summed E-state index contributed by atoms with van der Waals surface area (Å²) >= 11 is 1.47. The molecule has 0 saturated carbocycles. The van der Waals surface area contributed by atoms with Gasteiger partial charge in [0.25, 0.3) is 5.91 Å². The average Bonchev–Trinajstić information content (AvgIpc) is 3.06. The van der Waals surface area contributed by atoms with Gasteiger partial charge in [0.1, 0.15) is 11.5 Å². The summed E-state index contributed by atoms with van der Waals surface area (Å²) in [6, 6.07) is 9.00. The van der Waals surface area contributed by atoms with Crippen LogP contribution < -0.4 is 11.1 Å². The number of urea groups is 1. The zero-order valence-corrected chi connectivity index (χ0v) is 18.0. The molecule has 160 valence electrons. The highest BCUT2D eigenvalue weighted by Gasteiger charge is 2.27. The number of anilines is 1. The second-order valence-corrected chi connectivity index (χ2v) is 8.23. The van der Waals surface area contributed by atoms with Crippen molar-refractivity contribution < 1.29 is 18.8 Å². The molecule has 1 fully saturated rings. The Hall–Kier alpha value is -2.94. The number of nitrogens with zero attached hydrogens (tertiary/aromatic N) is 2. The number of aryl methyl sites for hydroxylation is 2. The zero-order valence-electron chi connectivity index (χ0n) is 17.1. The van der Waals surface area contributed by atoms with Crippen molar-refractivity contribution in [2.24, 2.45) is 5.73 Å². The van der Waals surface area contributed by atoms with Crippen LogP contribution >= 0.6 is 11.8 Å². The Morgan fingerprint density at radius 1 is 1.10 bits per heavy atom. The Kier molecular flexibility index (Phi) is 7.04. The van der Waals surface area contributed by atoms with E-state index in [1.807, 2.05) is 31.2 Å². The van der Waals surface area contributed by atoms with Crippen LogP contribution in [-0.2, 0) is 4.79 Å². The fourth-order valence-electron chi connectivity index (χ4n) is 3.28. The van der Waals surface area contributed by atoms with Crippen molar-refractivity contribution in [2.75, 3.05) is 37.2 Å². The summed E-state index contributed by atoms with van der Waals surface area (Å²) in [4.78, 5) is 40.7. The van der Waals surface area contributed by atoms with Crippen molar-refractivity contribution in [3.63, 3.8) is 0 Å². The molecule has 1 aromatic heterocycles. The van der Waals surface area contributed by atoms with Gasteiger partial charge in [-0.05, 0) is 32.0 Å². The van der Waals surface area contributed by atoms with E-state index in [9.17, 15) is 14.4 Å². The summed E-state index contributed by atoms with van der Waals surface area (Å²) in [6.07, 6.45) is 0.276. The van der Waals surface area contributed by atoms with Gasteiger partial charge in [0.05, 0.1) is 11.3 Å². The van der Waals surface area contributed by atoms with Crippen LogP contribution in [0.5, 0.6) is 0 Å². The fraction of sp³-hybridized carbons (Fsp3) is 0.381. The van der Waals surface area contributed by atoms with Gasteiger partial charge in [0.2, 0.25) is 5.91 Å². The average molecular weight is 431 g/mol. The highest BCUT2D eigenvalue weighted by atomic mass is 32.2. The van der Waals surface area contributed by atoms with E-state index in [4.69, 9.17) is 10.2 Å². The first-order valence-electron chi connectivity index (χ1n) is 9.77. The molecule has 0 atom stereocenters. The molecule has 8 nitrogen and oxygen atoms in total. The molecular formula is C21H26N4O4S. The predicted molar refractivity (Wildman–Crippen MR) is 116 cm³/mol. The first-order chi connectivity index (χ1) is 14.3. The fourth-order valence-corrected chi connectivity index (χ4v) is 4.25. The molecule has 1 aliphatic rings. The molecule has 30 heavy (non-hydrogen) atoms. The van der Waals surface area contributed by atoms with Crippen LogP contribution in [0.25, 0.3) is 0 Å². The Balaban J connectivity index is 1.55. The number of hydrogen-bond donors (Lipinski definition) is 2. The topological polar surface area (TPSA) is 109 Å². The van der Waals surface area contributed by atoms with Crippen LogP contribution in [0.1, 0.15) is 28.3 Å². The van der Waals surface area contributed by atoms with Gasteiger partial charge in [-0.3, -0.25) is 9.59 Å². The smallest absolute Gasteiger partial charge is 0.321 e. The van der Waals surface area contributed by atoms with Gasteiger partial charge in [-0.25, -0.2) is 4.79 Å². The van der Waals surface area contributed by atoms with Crippen molar-refractivity contribution in [3.05, 3.63) is 47.4 Å². The quantitative estimate of drug-likeness (QED) is 0.685. The van der Waals surface area contributed by atoms with Crippen LogP contribution in [-0.4, -0.2) is 59.6 Å². The molecule has 0 aliphatic carbocycles. The van der Waals surface area contributed by atoms with Gasteiger partial charge >= 0.3 is 6.03 Å². The molecule has 1 saturated heterocycles. The van der Waals surface area contributed by atoms with Crippen LogP contribution in [0.4, 0.5) is 10.5 Å². The van der Waals surface area contributed by atoms with Crippen molar-refractivity contribution in [3.8, 4) is 0 Å². The van der Waals surface area contributed by atoms with E-state index in [0.717, 1.165) is 4.90 Å². The summed E-state index contributed by atoms with van der Waals surface area (Å²) < 4.78 is 5.45. The highest BCUT2D eigenvalue weighted by Crippen LogP contribution is 2.28. The Labute approximate surface area is 179 Å². The van der Waals surface area contributed by atoms with Crippen LogP contribution in [0.3, 0.4) is 0 Å². The third kappa shape index (κ3) is 5.35. The number of carbonyl (C=O) groups is 3. The van der Waals surface area contributed by atoms with Crippen molar-refractivity contribution in [2.45, 2.75) is 25.2 Å². The lowest BCUT2D eigenvalue weighted by Gasteiger charge is -2.34. The van der Waals surface area contributed by atoms with E-state index in [2.05, 4.69) is 5.32 Å². The van der Waals surface area contributed by atoms with Gasteiger partial charge in [0.15, 0.2) is 0 Å². The van der Waals surface area contributed by atoms with E-state index in [0.29, 0.717) is 54.7 Å². The summed E-state index contributed by atoms with van der Waals surface area (Å²) in [5.41, 5.74) is 6.46. The number of hydrogen-bond acceptors (Lipinski definition) is 5. The highest BCUT2D eigenvalue weighted by molar-refractivity contribution is 7.99. The molecule has 2 heterocycles. The number of benzene rings is 1. The van der Waals surface area contributed by atoms with Crippen LogP contribution in [0, 0.1) is 13.8 Å². The normalized spacial score (nSPS) is 13.9. The van der Waals surface area contributed by atoms with E-state index in [1.165, 1.54) is 11.8 Å². The monoisotopic (exact) mass is 430 g/mol. The number of thioether (sulfide) groups is 1. The maximum Gasteiger partial charge on any atom is 0.321 e. The number of piperazine rings is 1. The molecule has 3 rings (SSSR count). The van der Waals surface area contributed by atoms with Crippen LogP contribution in [0.15, 0.2) is 39.6 Å². The Morgan fingerprint density at radius 2 is 1.77 bits per heavy atom. The van der Waals surface area contributed by atoms with Crippen LogP contribution in [0.2, 0.25) is 0 Å². The molecule has 1 aliphatic heterocycles. The maximum atomic E-state index is 12.7. The summed E-state index contributed by atoms with van der Waals surface area (Å²) in [7, 11) is 0. The molecule has 0 radical (unpaired) electrons. The van der Waals surface area contributed by atoms with E-state index in [1.54, 1.807) is 22.8 Å². The Morgan fingerprint density at radius 3 is 2.40 bits per heavy atom. The number of rotatable bonds is 6. The molecule has 4 amide bonds. The number of amides is 4. The number of carbonyl (C=O) groups excluding carboxylic acids is 3. The standard InChI is InChI=1S/C21H26N4O4S/c1-14-13-16(15(2)29-14)20(27)24-8-10-25(11-9-24)21(28)23-17-5-3-4-6-18(17)30-12-7-19(22)26/h3-6,13H,7-12H2,1-2H3,(H2,22,26)(H,23,28). The van der Waals surface area contributed by atoms with Gasteiger partial charge in [-0.2, -0.15) is 0 Å². The zero-order chi connectivity index (χ0) is 21.7. The number of furan rings is 1. The van der Waals surface area contributed by atoms with Gasteiger partial charge in [-0.1, -0.05) is 12.1 Å². The van der Waals surface area contributed by atoms with Gasteiger partial charge in [-0.15, -0.1) is 11.8 Å². The minimum Gasteiger partial charge on any atom is -0.466 e. The number of para-hydroxylation sites is 1. The van der Waals surface area contributed by atoms with E-state index in [-0.39, 0.29) is 24.3 Å². The SMILES string of the molecule is Cc1cc(C(=O)N2CCN(C(=O)Nc3ccccc3SCCC(N)=O)CC2)c(C)o1. The Bertz CT molecular complexity index is 935. The predicted octanol–water partition coefficient (Wildman–Crippen LogP) is 2.85. The number of nitrogens with one attached hydrogen (secondary N) is 1. The molecule has 9 heteroatoms. The first kappa shape index (κ1) is 21.8. The van der Waals surface area contributed by atoms with Crippen molar-refractivity contribution in [1.82, 2.24) is 9.80 Å². The molecular weight excluding hydrogens is 404 g/mol. The minimum atomic E-state index is -0.350. The molecule has 0 bridgehead atoms. The van der Waals surface area contributed by atoms with Crippen molar-refractivity contribution in [1.29, 1.82) is 0 Å². The lowest BCUT2D eigenvalue weighted by Crippen LogP contribution is -2.51. The third-order valence-corrected chi connectivity index (χ3v) is 5.94. The second kappa shape index (κ2) is 9.71. The van der Waals surface area contributed by atoms with Gasteiger partial charge in [0, 0.05) is 43.2 Å². The molecule has 2 aromatic rings. The lowest BCUT2D eigenvalue weighted by molar-refractivity contribution is -0.117. The summed E-state index contributed by atoms with van der Waals surface area (Å²) in [5, 5.41) is 2.94. The first-order valence-corrected chi connectivity index (χ1v) is 10.8. The largest absolute Gasteiger partial charge is 0.466 e. The number of nitrogens with two attached hydrogens (primary N) is 1. The lowest BCUT2D eigenvalue weighted by atomic mass is 10.2. The second-order valence-electron chi connectivity index (χ2n) is 7.10. The minimum absolute atomic E-state index is 0.0689. The molecule has 1 aromatic carbocycles. The summed E-state index contributed by atoms with van der Waals surface area (Å²) in [5.74, 6) is 1.46. The maximum absolute atomic E-state index is 12.7. The van der Waals surface area contributed by atoms with E-state index < -0.39 is 0 Å². The summed E-state index contributed by atoms with van der Waals surface area (Å²) in [6.45, 7) is 5.42.